The van der Waals surface area contributed by atoms with Crippen LogP contribution < -0.4 is 20.7 Å². The number of Topliss-reactive ketones (excluding diaryl/α,β-unsaturated/α-hetero) is 2. The number of hydrogen-bond acceptors (Lipinski definition) is 16. The summed E-state index contributed by atoms with van der Waals surface area (Å²) in [6, 6.07) is -1.60. The third-order valence-electron chi connectivity index (χ3n) is 15.8. The van der Waals surface area contributed by atoms with Crippen molar-refractivity contribution in [3.63, 3.8) is 0 Å². The average Bonchev–Trinajstić information content (AvgIpc) is 4.29. The average molecular weight is 1200 g/mol. The molecule has 1 aromatic rings. The second-order valence-electron chi connectivity index (χ2n) is 24.0. The number of benzene rings is 1. The van der Waals surface area contributed by atoms with Gasteiger partial charge < -0.3 is 49.8 Å². The van der Waals surface area contributed by atoms with E-state index in [1.165, 1.54) is 76.2 Å². The van der Waals surface area contributed by atoms with Gasteiger partial charge in [0.15, 0.2) is 11.9 Å². The molecule has 1 aromatic carbocycles. The number of ether oxygens (including phenoxy) is 3. The first-order chi connectivity index (χ1) is 38.9. The van der Waals surface area contributed by atoms with Crippen molar-refractivity contribution in [1.82, 2.24) is 35.6 Å². The van der Waals surface area contributed by atoms with Crippen LogP contribution in [0.1, 0.15) is 147 Å². The summed E-state index contributed by atoms with van der Waals surface area (Å²) in [5.74, 6) is -10.2. The van der Waals surface area contributed by atoms with Crippen molar-refractivity contribution < 1.29 is 67.0 Å². The Bertz CT molecular complexity index is 2480. The van der Waals surface area contributed by atoms with Crippen LogP contribution in [0.2, 0.25) is 0 Å². The zero-order valence-electron chi connectivity index (χ0n) is 51.6. The molecule has 4 rings (SSSR count). The monoisotopic (exact) mass is 1200 g/mol. The van der Waals surface area contributed by atoms with Gasteiger partial charge in [0.1, 0.15) is 48.1 Å². The van der Waals surface area contributed by atoms with Crippen LogP contribution in [0.4, 0.5) is 0 Å². The topological polar surface area (TPSA) is 265 Å². The Morgan fingerprint density at radius 1 is 0.843 bits per heavy atom. The smallest absolute Gasteiger partial charge is 0.329 e. The lowest BCUT2D eigenvalue weighted by Gasteiger charge is -2.37. The minimum Gasteiger partial charge on any atom is -0.497 e. The maximum absolute atomic E-state index is 15.4. The summed E-state index contributed by atoms with van der Waals surface area (Å²) in [7, 11) is 7.13. The van der Waals surface area contributed by atoms with Crippen LogP contribution in [0.15, 0.2) is 24.3 Å². The van der Waals surface area contributed by atoms with E-state index in [2.05, 4.69) is 16.0 Å². The number of esters is 2. The first kappa shape index (κ1) is 69.8. The maximum atomic E-state index is 15.4. The number of carbonyl (C=O) groups is 11. The molecule has 21 nitrogen and oxygen atoms in total. The molecular formula is C60H93N7O14S2. The molecule has 3 N–H and O–H groups in total. The Balaban J connectivity index is 1.95. The summed E-state index contributed by atoms with van der Waals surface area (Å²) < 4.78 is 17.7. The Hall–Kier alpha value is -5.71. The van der Waals surface area contributed by atoms with E-state index in [0.717, 1.165) is 6.92 Å². The molecule has 12 atom stereocenters. The number of rotatable bonds is 18. The number of nitrogens with one attached hydrogen (secondary N) is 3. The minimum absolute atomic E-state index is 0.0341. The van der Waals surface area contributed by atoms with Gasteiger partial charge in [-0.2, -0.15) is 0 Å². The van der Waals surface area contributed by atoms with Gasteiger partial charge in [0, 0.05) is 57.1 Å². The van der Waals surface area contributed by atoms with Crippen LogP contribution in [-0.2, 0) is 68.6 Å². The number of ketones is 2. The number of hydrogen-bond donors (Lipinski definition) is 3. The van der Waals surface area contributed by atoms with Crippen molar-refractivity contribution in [3.05, 3.63) is 29.8 Å². The first-order valence-electron chi connectivity index (χ1n) is 29.4. The SMILES string of the molecule is CC[C@H](C)[C@@H]1NC(=O)[C@@H](NC(=O)[C@@H](CC(C)C)N(C)C(=O)[C@@H]2CCCN2C(=O)C(C)=O)[C@@H](C)OC(=O)[C@H](Cc2ccc(OC)cc2)N(C)C(=O)[C@@H]2CCCN2C(=O)[C@H](CC(C)C)NC(=O)[C@@H](C)C(=O)[C@H](C(C)C)OC(=O)C[C@H]1SSC(C)C. The summed E-state index contributed by atoms with van der Waals surface area (Å²) in [6.45, 7) is 22.8. The number of fused-ring (bicyclic) bond motifs is 1. The molecule has 7 amide bonds. The van der Waals surface area contributed by atoms with Crippen molar-refractivity contribution in [3.8, 4) is 5.75 Å². The molecule has 0 aromatic heterocycles. The van der Waals surface area contributed by atoms with E-state index >= 15 is 19.2 Å². The molecular weight excluding hydrogens is 1110 g/mol. The Morgan fingerprint density at radius 3 is 2.05 bits per heavy atom. The number of likely N-dealkylation sites (N-methyl/N-ethyl adjacent to an activating group) is 2. The molecule has 0 radical (unpaired) electrons. The van der Waals surface area contributed by atoms with E-state index in [9.17, 15) is 33.6 Å². The highest BCUT2D eigenvalue weighted by Crippen LogP contribution is 2.37. The zero-order valence-corrected chi connectivity index (χ0v) is 53.3. The summed E-state index contributed by atoms with van der Waals surface area (Å²) in [6.07, 6.45) is -1.22. The molecule has 3 saturated heterocycles. The lowest BCUT2D eigenvalue weighted by Crippen LogP contribution is -2.62. The molecule has 0 aliphatic carbocycles. The Kier molecular flexibility index (Phi) is 26.9. The first-order valence-corrected chi connectivity index (χ1v) is 31.7. The molecule has 0 spiro atoms. The molecule has 3 heterocycles. The summed E-state index contributed by atoms with van der Waals surface area (Å²) in [5.41, 5.74) is 0.593. The van der Waals surface area contributed by atoms with Gasteiger partial charge in [0.25, 0.3) is 5.91 Å². The lowest BCUT2D eigenvalue weighted by molar-refractivity contribution is -0.162. The highest BCUT2D eigenvalue weighted by molar-refractivity contribution is 8.77. The van der Waals surface area contributed by atoms with Crippen LogP contribution in [0.5, 0.6) is 5.75 Å². The third-order valence-corrected chi connectivity index (χ3v) is 19.2. The van der Waals surface area contributed by atoms with Gasteiger partial charge in [0.2, 0.25) is 41.2 Å². The molecule has 83 heavy (non-hydrogen) atoms. The zero-order chi connectivity index (χ0) is 62.3. The number of nitrogens with zero attached hydrogens (tertiary/aromatic N) is 4. The molecule has 0 bridgehead atoms. The molecule has 23 heteroatoms. The fourth-order valence-corrected chi connectivity index (χ4v) is 13.4. The highest BCUT2D eigenvalue weighted by atomic mass is 33.1. The third kappa shape index (κ3) is 18.9. The van der Waals surface area contributed by atoms with Gasteiger partial charge in [-0.3, -0.25) is 47.9 Å². The normalized spacial score (nSPS) is 26.6. The van der Waals surface area contributed by atoms with Gasteiger partial charge in [0.05, 0.1) is 19.4 Å². The van der Waals surface area contributed by atoms with Crippen molar-refractivity contribution in [2.24, 2.45) is 29.6 Å². The number of likely N-dealkylation sites (tertiary alicyclic amines) is 1. The van der Waals surface area contributed by atoms with E-state index in [4.69, 9.17) is 14.2 Å². The molecule has 464 valence electrons. The van der Waals surface area contributed by atoms with Crippen LogP contribution in [-0.4, -0.2) is 184 Å². The van der Waals surface area contributed by atoms with E-state index in [1.54, 1.807) is 38.1 Å². The predicted octanol–water partition coefficient (Wildman–Crippen LogP) is 5.32. The molecule has 0 unspecified atom stereocenters. The van der Waals surface area contributed by atoms with Crippen LogP contribution in [0.25, 0.3) is 0 Å². The fourth-order valence-electron chi connectivity index (χ4n) is 10.7. The molecule has 3 fully saturated rings. The highest BCUT2D eigenvalue weighted by Gasteiger charge is 2.46. The van der Waals surface area contributed by atoms with Gasteiger partial charge in [-0.25, -0.2) is 4.79 Å². The van der Waals surface area contributed by atoms with E-state index in [1.807, 2.05) is 55.4 Å². The maximum Gasteiger partial charge on any atom is 0.329 e. The minimum atomic E-state index is -1.69. The summed E-state index contributed by atoms with van der Waals surface area (Å²) >= 11 is 0. The summed E-state index contributed by atoms with van der Waals surface area (Å²) in [5, 5.41) is 8.06. The Morgan fingerprint density at radius 2 is 1.48 bits per heavy atom. The van der Waals surface area contributed by atoms with Gasteiger partial charge in [-0.1, -0.05) is 109 Å². The van der Waals surface area contributed by atoms with Crippen LogP contribution >= 0.6 is 21.6 Å². The second kappa shape index (κ2) is 32.0. The molecule has 3 aliphatic rings. The Labute approximate surface area is 499 Å². The van der Waals surface area contributed by atoms with Gasteiger partial charge in [-0.15, -0.1) is 0 Å². The second-order valence-corrected chi connectivity index (χ2v) is 27.1. The van der Waals surface area contributed by atoms with Gasteiger partial charge in [-0.05, 0) is 93.7 Å². The number of amides is 7. The van der Waals surface area contributed by atoms with E-state index in [-0.39, 0.29) is 74.6 Å². The van der Waals surface area contributed by atoms with Crippen molar-refractivity contribution in [2.75, 3.05) is 34.3 Å². The fraction of sp³-hybridized carbons (Fsp3) is 0.717. The number of methoxy groups -OCH3 is 1. The van der Waals surface area contributed by atoms with Gasteiger partial charge >= 0.3 is 11.9 Å². The quantitative estimate of drug-likeness (QED) is 0.0727. The van der Waals surface area contributed by atoms with Crippen LogP contribution in [0.3, 0.4) is 0 Å². The molecule has 0 saturated carbocycles. The number of carbonyl (C=O) groups excluding carboxylic acids is 11. The van der Waals surface area contributed by atoms with E-state index in [0.29, 0.717) is 30.6 Å². The summed E-state index contributed by atoms with van der Waals surface area (Å²) in [4.78, 5) is 163. The standard InChI is InChI=1S/C60H93N7O14S2/c1-17-36(10)49-47(83-82-35(8)9)31-48(69)81-52(34(6)7)51(70)37(11)53(71)61-42(28-32(2)3)57(75)67-27-19-21-44(67)59(77)65(15)46(30-40-22-24-41(79-16)25-23-40)60(78)80-39(13)50(55(73)62-49)63-54(72)45(29-33(4)5)64(14)58(76)43-20-18-26-66(43)56(74)38(12)68/h22-25,32-37,39,42-47,49-50,52H,17-21,26-31H2,1-16H3,(H,61,71)(H,62,73)(H,63,72)/t36-,37-,39+,42-,43-,44-,45+,46-,47+,49-,50-,52-/m0/s1. The van der Waals surface area contributed by atoms with Crippen molar-refractivity contribution >= 4 is 86.4 Å². The number of cyclic esters (lactones) is 2. The largest absolute Gasteiger partial charge is 0.497 e. The molecule has 3 aliphatic heterocycles. The van der Waals surface area contributed by atoms with Crippen LogP contribution in [0, 0.1) is 29.6 Å². The van der Waals surface area contributed by atoms with Crippen molar-refractivity contribution in [1.29, 1.82) is 0 Å². The van der Waals surface area contributed by atoms with Crippen molar-refractivity contribution in [2.45, 2.75) is 213 Å². The van der Waals surface area contributed by atoms with E-state index < -0.39 is 136 Å². The predicted molar refractivity (Wildman–Crippen MR) is 317 cm³/mol. The lowest BCUT2D eigenvalue weighted by atomic mass is 9.92.